The summed E-state index contributed by atoms with van der Waals surface area (Å²) in [7, 11) is 0. The van der Waals surface area contributed by atoms with E-state index in [1.165, 1.54) is 0 Å². The summed E-state index contributed by atoms with van der Waals surface area (Å²) in [5, 5.41) is 13.3. The quantitative estimate of drug-likeness (QED) is 0.842. The molecule has 21 heavy (non-hydrogen) atoms. The number of ether oxygens (including phenoxy) is 1. The SMILES string of the molecule is CC1(C)C[C@@H]1C(=O)NCC(O)COc1cccc(Cl)c1Cl. The third kappa shape index (κ3) is 4.25. The smallest absolute Gasteiger partial charge is 0.223 e. The van der Waals surface area contributed by atoms with E-state index >= 15 is 0 Å². The molecule has 0 spiro atoms. The zero-order valence-electron chi connectivity index (χ0n) is 12.0. The fraction of sp³-hybridized carbons (Fsp3) is 0.533. The number of nitrogens with one attached hydrogen (secondary N) is 1. The first-order chi connectivity index (χ1) is 9.81. The molecule has 0 saturated heterocycles. The van der Waals surface area contributed by atoms with Crippen molar-refractivity contribution in [2.24, 2.45) is 11.3 Å². The van der Waals surface area contributed by atoms with Gasteiger partial charge in [-0.25, -0.2) is 0 Å². The van der Waals surface area contributed by atoms with Crippen LogP contribution < -0.4 is 10.1 Å². The molecule has 2 rings (SSSR count). The van der Waals surface area contributed by atoms with E-state index in [0.29, 0.717) is 15.8 Å². The van der Waals surface area contributed by atoms with Crippen molar-refractivity contribution in [2.75, 3.05) is 13.2 Å². The Kier molecular flexibility index (Phi) is 5.02. The highest BCUT2D eigenvalue weighted by molar-refractivity contribution is 6.42. The summed E-state index contributed by atoms with van der Waals surface area (Å²) in [6.45, 7) is 4.30. The molecule has 0 heterocycles. The summed E-state index contributed by atoms with van der Waals surface area (Å²) in [5.74, 6) is 0.450. The number of aliphatic hydroxyl groups is 1. The van der Waals surface area contributed by atoms with Crippen LogP contribution in [0, 0.1) is 11.3 Å². The molecule has 1 unspecified atom stereocenters. The van der Waals surface area contributed by atoms with E-state index in [1.807, 2.05) is 0 Å². The van der Waals surface area contributed by atoms with Crippen molar-refractivity contribution in [1.82, 2.24) is 5.32 Å². The van der Waals surface area contributed by atoms with Crippen LogP contribution in [0.5, 0.6) is 5.75 Å². The lowest BCUT2D eigenvalue weighted by Crippen LogP contribution is -2.36. The van der Waals surface area contributed by atoms with E-state index in [0.717, 1.165) is 6.42 Å². The van der Waals surface area contributed by atoms with Crippen LogP contribution in [-0.2, 0) is 4.79 Å². The van der Waals surface area contributed by atoms with E-state index in [-0.39, 0.29) is 30.4 Å². The predicted molar refractivity (Wildman–Crippen MR) is 82.9 cm³/mol. The van der Waals surface area contributed by atoms with Crippen molar-refractivity contribution in [1.29, 1.82) is 0 Å². The Morgan fingerprint density at radius 1 is 1.52 bits per heavy atom. The van der Waals surface area contributed by atoms with Crippen LogP contribution >= 0.6 is 23.2 Å². The van der Waals surface area contributed by atoms with E-state index in [1.54, 1.807) is 18.2 Å². The molecule has 116 valence electrons. The number of amides is 1. The molecule has 0 radical (unpaired) electrons. The van der Waals surface area contributed by atoms with E-state index in [9.17, 15) is 9.90 Å². The first-order valence-corrected chi connectivity index (χ1v) is 7.59. The molecule has 0 aromatic heterocycles. The van der Waals surface area contributed by atoms with Gasteiger partial charge in [-0.2, -0.15) is 0 Å². The summed E-state index contributed by atoms with van der Waals surface area (Å²) in [6, 6.07) is 5.05. The van der Waals surface area contributed by atoms with Crippen LogP contribution in [0.3, 0.4) is 0 Å². The Labute approximate surface area is 134 Å². The molecular formula is C15H19Cl2NO3. The molecule has 6 heteroatoms. The maximum absolute atomic E-state index is 11.8. The lowest BCUT2D eigenvalue weighted by atomic mass is 10.1. The third-order valence-electron chi connectivity index (χ3n) is 3.69. The Bertz CT molecular complexity index is 534. The molecule has 1 aromatic carbocycles. The number of hydrogen-bond acceptors (Lipinski definition) is 3. The molecule has 0 bridgehead atoms. The summed E-state index contributed by atoms with van der Waals surface area (Å²) >= 11 is 11.8. The largest absolute Gasteiger partial charge is 0.489 e. The monoisotopic (exact) mass is 331 g/mol. The molecule has 1 amide bonds. The molecule has 4 nitrogen and oxygen atoms in total. The number of carbonyl (C=O) groups is 1. The second-order valence-corrected chi connectivity index (χ2v) is 6.79. The molecule has 1 saturated carbocycles. The zero-order valence-corrected chi connectivity index (χ0v) is 13.5. The van der Waals surface area contributed by atoms with Crippen molar-refractivity contribution in [3.05, 3.63) is 28.2 Å². The van der Waals surface area contributed by atoms with E-state index in [2.05, 4.69) is 19.2 Å². The maximum atomic E-state index is 11.8. The fourth-order valence-electron chi connectivity index (χ4n) is 2.10. The Hall–Kier alpha value is -0.970. The highest BCUT2D eigenvalue weighted by Gasteiger charge is 2.50. The molecule has 2 atom stereocenters. The van der Waals surface area contributed by atoms with Gasteiger partial charge in [-0.15, -0.1) is 0 Å². The molecule has 1 aliphatic carbocycles. The number of carbonyl (C=O) groups excluding carboxylic acids is 1. The van der Waals surface area contributed by atoms with Crippen LogP contribution in [0.15, 0.2) is 18.2 Å². The van der Waals surface area contributed by atoms with Crippen molar-refractivity contribution in [3.8, 4) is 5.75 Å². The number of rotatable bonds is 6. The highest BCUT2D eigenvalue weighted by atomic mass is 35.5. The van der Waals surface area contributed by atoms with Gasteiger partial charge in [-0.1, -0.05) is 43.1 Å². The van der Waals surface area contributed by atoms with E-state index in [4.69, 9.17) is 27.9 Å². The van der Waals surface area contributed by atoms with Gasteiger partial charge in [0.25, 0.3) is 0 Å². The van der Waals surface area contributed by atoms with Crippen LogP contribution in [0.2, 0.25) is 10.0 Å². The van der Waals surface area contributed by atoms with Gasteiger partial charge in [0.1, 0.15) is 23.5 Å². The minimum Gasteiger partial charge on any atom is -0.489 e. The summed E-state index contributed by atoms with van der Waals surface area (Å²) < 4.78 is 5.41. The van der Waals surface area contributed by atoms with Gasteiger partial charge >= 0.3 is 0 Å². The average Bonchev–Trinajstić information content (AvgIpc) is 3.07. The van der Waals surface area contributed by atoms with E-state index < -0.39 is 6.10 Å². The summed E-state index contributed by atoms with van der Waals surface area (Å²) in [6.07, 6.45) is 0.0923. The lowest BCUT2D eigenvalue weighted by Gasteiger charge is -2.14. The van der Waals surface area contributed by atoms with Crippen LogP contribution in [-0.4, -0.2) is 30.3 Å². The standard InChI is InChI=1S/C15H19Cl2NO3/c1-15(2)6-10(15)14(20)18-7-9(19)8-21-12-5-3-4-11(16)13(12)17/h3-5,9-10,19H,6-8H2,1-2H3,(H,18,20)/t9?,10-/m1/s1. The molecule has 2 N–H and O–H groups in total. The van der Waals surface area contributed by atoms with Crippen molar-refractivity contribution >= 4 is 29.1 Å². The van der Waals surface area contributed by atoms with Crippen molar-refractivity contribution in [2.45, 2.75) is 26.4 Å². The number of hydrogen-bond donors (Lipinski definition) is 2. The van der Waals surface area contributed by atoms with Gasteiger partial charge < -0.3 is 15.2 Å². The average molecular weight is 332 g/mol. The Balaban J connectivity index is 1.74. The van der Waals surface area contributed by atoms with Gasteiger partial charge in [0, 0.05) is 12.5 Å². The molecule has 1 aliphatic rings. The Morgan fingerprint density at radius 3 is 2.81 bits per heavy atom. The Morgan fingerprint density at radius 2 is 2.19 bits per heavy atom. The number of benzene rings is 1. The fourth-order valence-corrected chi connectivity index (χ4v) is 2.44. The molecular weight excluding hydrogens is 313 g/mol. The second kappa shape index (κ2) is 6.42. The van der Waals surface area contributed by atoms with Gasteiger partial charge in [-0.05, 0) is 24.0 Å². The predicted octanol–water partition coefficient (Wildman–Crippen LogP) is 2.90. The van der Waals surface area contributed by atoms with Crippen molar-refractivity contribution in [3.63, 3.8) is 0 Å². The van der Waals surface area contributed by atoms with Crippen molar-refractivity contribution < 1.29 is 14.6 Å². The van der Waals surface area contributed by atoms with Gasteiger partial charge in [0.05, 0.1) is 5.02 Å². The first-order valence-electron chi connectivity index (χ1n) is 6.84. The topological polar surface area (TPSA) is 58.6 Å². The van der Waals surface area contributed by atoms with Crippen LogP contribution in [0.25, 0.3) is 0 Å². The van der Waals surface area contributed by atoms with Gasteiger partial charge in [-0.3, -0.25) is 4.79 Å². The number of aliphatic hydroxyl groups excluding tert-OH is 1. The normalized spacial score (nSPS) is 20.7. The van der Waals surface area contributed by atoms with Crippen LogP contribution in [0.1, 0.15) is 20.3 Å². The zero-order chi connectivity index (χ0) is 15.6. The van der Waals surface area contributed by atoms with Crippen LogP contribution in [0.4, 0.5) is 0 Å². The summed E-state index contributed by atoms with van der Waals surface area (Å²) in [5.41, 5.74) is 0.0832. The molecule has 1 fully saturated rings. The van der Waals surface area contributed by atoms with Gasteiger partial charge in [0.2, 0.25) is 5.91 Å². The number of halogens is 2. The maximum Gasteiger partial charge on any atom is 0.223 e. The third-order valence-corrected chi connectivity index (χ3v) is 4.49. The minimum atomic E-state index is -0.800. The second-order valence-electron chi connectivity index (χ2n) is 6.01. The molecule has 1 aromatic rings. The minimum absolute atomic E-state index is 0.0140. The molecule has 0 aliphatic heterocycles. The summed E-state index contributed by atoms with van der Waals surface area (Å²) in [4.78, 5) is 11.8. The first kappa shape index (κ1) is 16.4. The highest BCUT2D eigenvalue weighted by Crippen LogP contribution is 2.51. The van der Waals surface area contributed by atoms with Gasteiger partial charge in [0.15, 0.2) is 0 Å². The lowest BCUT2D eigenvalue weighted by molar-refractivity contribution is -0.123.